The lowest BCUT2D eigenvalue weighted by atomic mass is 10.2. The molecule has 0 radical (unpaired) electrons. The van der Waals surface area contributed by atoms with Gasteiger partial charge < -0.3 is 10.1 Å². The molecule has 0 aliphatic heterocycles. The van der Waals surface area contributed by atoms with E-state index in [-0.39, 0.29) is 5.82 Å². The first-order valence-corrected chi connectivity index (χ1v) is 6.01. The summed E-state index contributed by atoms with van der Waals surface area (Å²) in [4.78, 5) is 0. The van der Waals surface area contributed by atoms with Crippen molar-refractivity contribution < 1.29 is 9.13 Å². The van der Waals surface area contributed by atoms with Crippen molar-refractivity contribution in [1.82, 2.24) is 5.32 Å². The van der Waals surface area contributed by atoms with Crippen molar-refractivity contribution in [3.8, 4) is 11.5 Å². The predicted octanol–water partition coefficient (Wildman–Crippen LogP) is 3.73. The van der Waals surface area contributed by atoms with E-state index in [1.807, 2.05) is 37.3 Å². The second kappa shape index (κ2) is 6.17. The number of benzene rings is 2. The lowest BCUT2D eigenvalue weighted by molar-refractivity contribution is 0.470. The van der Waals surface area contributed by atoms with Gasteiger partial charge in [-0.15, -0.1) is 0 Å². The molecule has 1 N–H and O–H groups in total. The van der Waals surface area contributed by atoms with Crippen LogP contribution in [-0.4, -0.2) is 6.54 Å². The van der Waals surface area contributed by atoms with Gasteiger partial charge in [-0.05, 0) is 36.9 Å². The van der Waals surface area contributed by atoms with Crippen LogP contribution in [0.2, 0.25) is 0 Å². The van der Waals surface area contributed by atoms with Crippen LogP contribution in [0.25, 0.3) is 0 Å². The lowest BCUT2D eigenvalue weighted by Gasteiger charge is -2.11. The molecule has 0 saturated carbocycles. The fourth-order valence-electron chi connectivity index (χ4n) is 1.66. The third-order valence-electron chi connectivity index (χ3n) is 2.56. The summed E-state index contributed by atoms with van der Waals surface area (Å²) in [5, 5.41) is 3.17. The monoisotopic (exact) mass is 245 g/mol. The minimum atomic E-state index is -0.247. The molecule has 0 spiro atoms. The van der Waals surface area contributed by atoms with E-state index in [1.54, 1.807) is 6.07 Å². The van der Waals surface area contributed by atoms with Crippen LogP contribution in [0.4, 0.5) is 4.39 Å². The Labute approximate surface area is 106 Å². The van der Waals surface area contributed by atoms with Crippen LogP contribution in [0.3, 0.4) is 0 Å². The average Bonchev–Trinajstić information content (AvgIpc) is 2.40. The first-order chi connectivity index (χ1) is 8.79. The molecule has 0 aliphatic rings. The fraction of sp³-hybridized carbons (Fsp3) is 0.200. The van der Waals surface area contributed by atoms with Crippen LogP contribution in [0, 0.1) is 5.82 Å². The Morgan fingerprint density at radius 1 is 1.11 bits per heavy atom. The summed E-state index contributed by atoms with van der Waals surface area (Å²) < 4.78 is 19.0. The maximum absolute atomic E-state index is 13.2. The van der Waals surface area contributed by atoms with E-state index in [0.29, 0.717) is 12.3 Å². The van der Waals surface area contributed by atoms with Gasteiger partial charge in [-0.1, -0.05) is 25.1 Å². The Morgan fingerprint density at radius 3 is 2.61 bits per heavy atom. The maximum Gasteiger partial charge on any atom is 0.132 e. The molecule has 3 heteroatoms. The van der Waals surface area contributed by atoms with Crippen LogP contribution in [0.5, 0.6) is 11.5 Å². The Hall–Kier alpha value is -1.87. The molecule has 0 aliphatic carbocycles. The summed E-state index contributed by atoms with van der Waals surface area (Å²) in [6.07, 6.45) is 0. The van der Waals surface area contributed by atoms with Gasteiger partial charge in [0.15, 0.2) is 0 Å². The van der Waals surface area contributed by atoms with Gasteiger partial charge in [-0.3, -0.25) is 0 Å². The molecule has 0 heterocycles. The molecule has 0 atom stereocenters. The number of hydrogen-bond donors (Lipinski definition) is 1. The van der Waals surface area contributed by atoms with Gasteiger partial charge in [0.1, 0.15) is 17.3 Å². The Bertz CT molecular complexity index is 499. The van der Waals surface area contributed by atoms with Crippen molar-refractivity contribution in [1.29, 1.82) is 0 Å². The fourth-order valence-corrected chi connectivity index (χ4v) is 1.66. The van der Waals surface area contributed by atoms with Crippen LogP contribution in [0.1, 0.15) is 12.5 Å². The van der Waals surface area contributed by atoms with E-state index >= 15 is 0 Å². The van der Waals surface area contributed by atoms with Gasteiger partial charge in [0.2, 0.25) is 0 Å². The highest BCUT2D eigenvalue weighted by atomic mass is 19.1. The lowest BCUT2D eigenvalue weighted by Crippen LogP contribution is -2.12. The minimum absolute atomic E-state index is 0.247. The van der Waals surface area contributed by atoms with E-state index in [1.165, 1.54) is 12.1 Å². The number of ether oxygens (including phenoxy) is 1. The quantitative estimate of drug-likeness (QED) is 0.866. The zero-order chi connectivity index (χ0) is 12.8. The van der Waals surface area contributed by atoms with Crippen LogP contribution in [0.15, 0.2) is 48.5 Å². The van der Waals surface area contributed by atoms with Crippen molar-refractivity contribution in [2.24, 2.45) is 0 Å². The van der Waals surface area contributed by atoms with Crippen LogP contribution in [-0.2, 0) is 6.54 Å². The molecule has 94 valence electrons. The van der Waals surface area contributed by atoms with E-state index in [2.05, 4.69) is 5.32 Å². The van der Waals surface area contributed by atoms with Gasteiger partial charge in [-0.2, -0.15) is 0 Å². The van der Waals surface area contributed by atoms with E-state index < -0.39 is 0 Å². The Morgan fingerprint density at radius 2 is 1.89 bits per heavy atom. The molecule has 2 aromatic carbocycles. The number of rotatable bonds is 5. The molecule has 0 fully saturated rings. The highest BCUT2D eigenvalue weighted by Crippen LogP contribution is 2.25. The smallest absolute Gasteiger partial charge is 0.132 e. The molecule has 0 amide bonds. The number of halogens is 1. The van der Waals surface area contributed by atoms with Crippen LogP contribution >= 0.6 is 0 Å². The van der Waals surface area contributed by atoms with Crippen molar-refractivity contribution in [2.45, 2.75) is 13.5 Å². The molecule has 0 bridgehead atoms. The predicted molar refractivity (Wildman–Crippen MR) is 70.3 cm³/mol. The SMILES string of the molecule is CCNCc1cc(F)ccc1Oc1ccccc1. The Balaban J connectivity index is 2.21. The molecule has 2 nitrogen and oxygen atoms in total. The van der Waals surface area contributed by atoms with E-state index in [9.17, 15) is 4.39 Å². The molecule has 0 aromatic heterocycles. The van der Waals surface area contributed by atoms with Crippen molar-refractivity contribution >= 4 is 0 Å². The second-order valence-electron chi connectivity index (χ2n) is 3.95. The molecule has 2 aromatic rings. The van der Waals surface area contributed by atoms with Crippen molar-refractivity contribution in [3.05, 3.63) is 59.9 Å². The molecular weight excluding hydrogens is 229 g/mol. The van der Waals surface area contributed by atoms with Crippen LogP contribution < -0.4 is 10.1 Å². The van der Waals surface area contributed by atoms with Gasteiger partial charge in [-0.25, -0.2) is 4.39 Å². The minimum Gasteiger partial charge on any atom is -0.457 e. The molecule has 18 heavy (non-hydrogen) atoms. The topological polar surface area (TPSA) is 21.3 Å². The van der Waals surface area contributed by atoms with E-state index in [0.717, 1.165) is 17.9 Å². The summed E-state index contributed by atoms with van der Waals surface area (Å²) in [6.45, 7) is 3.44. The molecule has 2 rings (SSSR count). The number of para-hydroxylation sites is 1. The Kier molecular flexibility index (Phi) is 4.31. The van der Waals surface area contributed by atoms with E-state index in [4.69, 9.17) is 4.74 Å². The number of hydrogen-bond acceptors (Lipinski definition) is 2. The third kappa shape index (κ3) is 3.31. The van der Waals surface area contributed by atoms with Gasteiger partial charge in [0, 0.05) is 12.1 Å². The first kappa shape index (κ1) is 12.6. The summed E-state index contributed by atoms with van der Waals surface area (Å²) in [5.41, 5.74) is 0.820. The zero-order valence-corrected chi connectivity index (χ0v) is 10.3. The summed E-state index contributed by atoms with van der Waals surface area (Å²) in [7, 11) is 0. The zero-order valence-electron chi connectivity index (χ0n) is 10.3. The molecule has 0 unspecified atom stereocenters. The number of nitrogens with one attached hydrogen (secondary N) is 1. The normalized spacial score (nSPS) is 10.3. The molecule has 0 saturated heterocycles. The van der Waals surface area contributed by atoms with Crippen molar-refractivity contribution in [3.63, 3.8) is 0 Å². The second-order valence-corrected chi connectivity index (χ2v) is 3.95. The van der Waals surface area contributed by atoms with Gasteiger partial charge in [0.25, 0.3) is 0 Å². The van der Waals surface area contributed by atoms with Gasteiger partial charge >= 0.3 is 0 Å². The summed E-state index contributed by atoms with van der Waals surface area (Å²) in [6, 6.07) is 14.1. The maximum atomic E-state index is 13.2. The summed E-state index contributed by atoms with van der Waals surface area (Å²) >= 11 is 0. The third-order valence-corrected chi connectivity index (χ3v) is 2.56. The molecular formula is C15H16FNO. The van der Waals surface area contributed by atoms with Gasteiger partial charge in [0.05, 0.1) is 0 Å². The highest BCUT2D eigenvalue weighted by molar-refractivity contribution is 5.38. The largest absolute Gasteiger partial charge is 0.457 e. The van der Waals surface area contributed by atoms with Crippen molar-refractivity contribution in [2.75, 3.05) is 6.54 Å². The highest BCUT2D eigenvalue weighted by Gasteiger charge is 2.06. The summed E-state index contributed by atoms with van der Waals surface area (Å²) in [5.74, 6) is 1.19. The first-order valence-electron chi connectivity index (χ1n) is 6.01. The average molecular weight is 245 g/mol. The standard InChI is InChI=1S/C15H16FNO/c1-2-17-11-12-10-13(16)8-9-15(12)18-14-6-4-3-5-7-14/h3-10,17H,2,11H2,1H3.